The maximum absolute atomic E-state index is 12.1. The highest BCUT2D eigenvalue weighted by atomic mass is 16.5. The Morgan fingerprint density at radius 2 is 2.19 bits per heavy atom. The van der Waals surface area contributed by atoms with Crippen LogP contribution in [0.25, 0.3) is 0 Å². The number of hydrogen-bond donors (Lipinski definition) is 2. The van der Waals surface area contributed by atoms with E-state index in [4.69, 9.17) is 4.74 Å². The molecule has 21 heavy (non-hydrogen) atoms. The van der Waals surface area contributed by atoms with E-state index < -0.39 is 11.5 Å². The van der Waals surface area contributed by atoms with Gasteiger partial charge in [0.2, 0.25) is 5.91 Å². The van der Waals surface area contributed by atoms with Crippen LogP contribution in [0.2, 0.25) is 0 Å². The van der Waals surface area contributed by atoms with Crippen LogP contribution in [0, 0.1) is 0 Å². The van der Waals surface area contributed by atoms with E-state index in [-0.39, 0.29) is 12.3 Å². The lowest BCUT2D eigenvalue weighted by Gasteiger charge is -2.25. The molecule has 5 nitrogen and oxygen atoms in total. The van der Waals surface area contributed by atoms with Crippen molar-refractivity contribution < 1.29 is 19.4 Å². The summed E-state index contributed by atoms with van der Waals surface area (Å²) in [6.45, 7) is 4.12. The van der Waals surface area contributed by atoms with Crippen molar-refractivity contribution in [2.24, 2.45) is 0 Å². The SMILES string of the molecule is CCCC(C)(NC(=O)Cc1ccc2c(c1)CCO2)C(=O)O. The van der Waals surface area contributed by atoms with E-state index in [9.17, 15) is 14.7 Å². The van der Waals surface area contributed by atoms with E-state index in [1.54, 1.807) is 6.92 Å². The van der Waals surface area contributed by atoms with Crippen LogP contribution in [0.3, 0.4) is 0 Å². The van der Waals surface area contributed by atoms with E-state index in [0.29, 0.717) is 19.4 Å². The lowest BCUT2D eigenvalue weighted by Crippen LogP contribution is -2.52. The third kappa shape index (κ3) is 3.54. The number of amides is 1. The van der Waals surface area contributed by atoms with Gasteiger partial charge in [-0.25, -0.2) is 4.79 Å². The van der Waals surface area contributed by atoms with Crippen LogP contribution in [0.1, 0.15) is 37.8 Å². The Balaban J connectivity index is 2.02. The first-order chi connectivity index (χ1) is 9.94. The first-order valence-electron chi connectivity index (χ1n) is 7.23. The monoisotopic (exact) mass is 291 g/mol. The van der Waals surface area contributed by atoms with Crippen LogP contribution in [0.15, 0.2) is 18.2 Å². The average molecular weight is 291 g/mol. The Kier molecular flexibility index (Phi) is 4.50. The van der Waals surface area contributed by atoms with Gasteiger partial charge in [0.05, 0.1) is 13.0 Å². The summed E-state index contributed by atoms with van der Waals surface area (Å²) in [5.74, 6) is -0.396. The molecule has 1 aromatic carbocycles. The summed E-state index contributed by atoms with van der Waals surface area (Å²) in [4.78, 5) is 23.4. The second-order valence-electron chi connectivity index (χ2n) is 5.65. The van der Waals surface area contributed by atoms with Crippen molar-refractivity contribution >= 4 is 11.9 Å². The fourth-order valence-electron chi connectivity index (χ4n) is 2.61. The van der Waals surface area contributed by atoms with Gasteiger partial charge in [0.1, 0.15) is 11.3 Å². The van der Waals surface area contributed by atoms with Gasteiger partial charge in [-0.2, -0.15) is 0 Å². The number of benzene rings is 1. The zero-order valence-corrected chi connectivity index (χ0v) is 12.4. The van der Waals surface area contributed by atoms with Gasteiger partial charge < -0.3 is 15.2 Å². The highest BCUT2D eigenvalue weighted by Crippen LogP contribution is 2.26. The summed E-state index contributed by atoms with van der Waals surface area (Å²) in [5, 5.41) is 11.9. The number of nitrogens with one attached hydrogen (secondary N) is 1. The fourth-order valence-corrected chi connectivity index (χ4v) is 2.61. The predicted octanol–water partition coefficient (Wildman–Crippen LogP) is 1.92. The minimum atomic E-state index is -1.20. The third-order valence-corrected chi connectivity index (χ3v) is 3.76. The Bertz CT molecular complexity index is 555. The maximum atomic E-state index is 12.1. The standard InChI is InChI=1S/C16H21NO4/c1-3-7-16(2,15(19)20)17-14(18)10-11-4-5-13-12(9-11)6-8-21-13/h4-5,9H,3,6-8,10H2,1-2H3,(H,17,18)(H,19,20). The molecule has 2 rings (SSSR count). The largest absolute Gasteiger partial charge is 0.493 e. The molecule has 1 unspecified atom stereocenters. The number of ether oxygens (including phenoxy) is 1. The summed E-state index contributed by atoms with van der Waals surface area (Å²) in [6, 6.07) is 5.68. The van der Waals surface area contributed by atoms with Crippen molar-refractivity contribution in [3.8, 4) is 5.75 Å². The van der Waals surface area contributed by atoms with Crippen LogP contribution in [-0.4, -0.2) is 29.1 Å². The molecule has 5 heteroatoms. The molecule has 1 aliphatic heterocycles. The number of carboxylic acid groups (broad SMARTS) is 1. The maximum Gasteiger partial charge on any atom is 0.329 e. The van der Waals surface area contributed by atoms with Gasteiger partial charge in [0.15, 0.2) is 0 Å². The van der Waals surface area contributed by atoms with Crippen LogP contribution < -0.4 is 10.1 Å². The molecule has 1 atom stereocenters. The molecule has 0 bridgehead atoms. The molecule has 2 N–H and O–H groups in total. The molecule has 0 aliphatic carbocycles. The number of carbonyl (C=O) groups excluding carboxylic acids is 1. The molecule has 0 fully saturated rings. The van der Waals surface area contributed by atoms with Crippen molar-refractivity contribution in [3.63, 3.8) is 0 Å². The molecule has 1 aromatic rings. The third-order valence-electron chi connectivity index (χ3n) is 3.76. The first kappa shape index (κ1) is 15.4. The topological polar surface area (TPSA) is 75.6 Å². The first-order valence-corrected chi connectivity index (χ1v) is 7.23. The molecular formula is C16H21NO4. The minimum absolute atomic E-state index is 0.180. The Labute approximate surface area is 124 Å². The lowest BCUT2D eigenvalue weighted by atomic mass is 9.95. The zero-order valence-electron chi connectivity index (χ0n) is 12.4. The van der Waals surface area contributed by atoms with Gasteiger partial charge in [-0.3, -0.25) is 4.79 Å². The van der Waals surface area contributed by atoms with Crippen LogP contribution in [0.4, 0.5) is 0 Å². The summed E-state index contributed by atoms with van der Waals surface area (Å²) in [6.07, 6.45) is 2.14. The highest BCUT2D eigenvalue weighted by Gasteiger charge is 2.33. The smallest absolute Gasteiger partial charge is 0.329 e. The van der Waals surface area contributed by atoms with Crippen molar-refractivity contribution in [3.05, 3.63) is 29.3 Å². The number of fused-ring (bicyclic) bond motifs is 1. The molecule has 0 radical (unpaired) electrons. The number of rotatable bonds is 6. The van der Waals surface area contributed by atoms with Crippen LogP contribution in [-0.2, 0) is 22.4 Å². The molecular weight excluding hydrogens is 270 g/mol. The van der Waals surface area contributed by atoms with Gasteiger partial charge in [-0.05, 0) is 30.5 Å². The molecule has 114 valence electrons. The summed E-state index contributed by atoms with van der Waals surface area (Å²) in [5.41, 5.74) is 0.780. The Morgan fingerprint density at radius 3 is 2.86 bits per heavy atom. The highest BCUT2D eigenvalue weighted by molar-refractivity contribution is 5.87. The molecule has 1 heterocycles. The van der Waals surface area contributed by atoms with E-state index >= 15 is 0 Å². The number of aliphatic carboxylic acids is 1. The minimum Gasteiger partial charge on any atom is -0.493 e. The molecule has 1 amide bonds. The van der Waals surface area contributed by atoms with Crippen LogP contribution in [0.5, 0.6) is 5.75 Å². The summed E-state index contributed by atoms with van der Waals surface area (Å²) in [7, 11) is 0. The van der Waals surface area contributed by atoms with Gasteiger partial charge >= 0.3 is 5.97 Å². The molecule has 0 saturated carbocycles. The van der Waals surface area contributed by atoms with Crippen molar-refractivity contribution in [1.29, 1.82) is 0 Å². The molecule has 0 saturated heterocycles. The Morgan fingerprint density at radius 1 is 1.43 bits per heavy atom. The Hall–Kier alpha value is -2.04. The summed E-state index contributed by atoms with van der Waals surface area (Å²) >= 11 is 0. The predicted molar refractivity (Wildman–Crippen MR) is 78.4 cm³/mol. The van der Waals surface area contributed by atoms with E-state index in [1.807, 2.05) is 25.1 Å². The van der Waals surface area contributed by atoms with E-state index in [0.717, 1.165) is 23.3 Å². The molecule has 0 spiro atoms. The molecule has 0 aromatic heterocycles. The lowest BCUT2D eigenvalue weighted by molar-refractivity contribution is -0.147. The van der Waals surface area contributed by atoms with Gasteiger partial charge in [-0.15, -0.1) is 0 Å². The fraction of sp³-hybridized carbons (Fsp3) is 0.500. The van der Waals surface area contributed by atoms with Gasteiger partial charge in [0.25, 0.3) is 0 Å². The van der Waals surface area contributed by atoms with Crippen molar-refractivity contribution in [2.45, 2.75) is 45.1 Å². The second kappa shape index (κ2) is 6.16. The number of carbonyl (C=O) groups is 2. The summed E-state index contributed by atoms with van der Waals surface area (Å²) < 4.78 is 5.42. The number of carboxylic acids is 1. The van der Waals surface area contributed by atoms with Crippen molar-refractivity contribution in [1.82, 2.24) is 5.32 Å². The van der Waals surface area contributed by atoms with Gasteiger partial charge in [0, 0.05) is 6.42 Å². The van der Waals surface area contributed by atoms with E-state index in [2.05, 4.69) is 5.32 Å². The second-order valence-corrected chi connectivity index (χ2v) is 5.65. The normalized spacial score (nSPS) is 15.7. The van der Waals surface area contributed by atoms with Crippen LogP contribution >= 0.6 is 0 Å². The number of hydrogen-bond acceptors (Lipinski definition) is 3. The molecule has 1 aliphatic rings. The van der Waals surface area contributed by atoms with E-state index in [1.165, 1.54) is 0 Å². The average Bonchev–Trinajstić information content (AvgIpc) is 2.85. The zero-order chi connectivity index (χ0) is 15.5. The quantitative estimate of drug-likeness (QED) is 0.839. The van der Waals surface area contributed by atoms with Crippen molar-refractivity contribution in [2.75, 3.05) is 6.61 Å². The van der Waals surface area contributed by atoms with Gasteiger partial charge in [-0.1, -0.05) is 25.5 Å².